The summed E-state index contributed by atoms with van der Waals surface area (Å²) < 4.78 is 0. The third kappa shape index (κ3) is 1.73. The van der Waals surface area contributed by atoms with Crippen LogP contribution in [-0.4, -0.2) is 17.5 Å². The standard InChI is InChI=1S/C14H22O2/c1-10(7-9-15)11-5-6-12-13(16)4-3-8-14(11,12)2/h5,9-10,12-13,16H,3-4,6-8H2,1-2H3/t10-,12-,13-,14+/m0/s1. The molecule has 2 aliphatic rings. The van der Waals surface area contributed by atoms with Crippen molar-refractivity contribution in [1.29, 1.82) is 0 Å². The summed E-state index contributed by atoms with van der Waals surface area (Å²) in [6.45, 7) is 4.41. The molecule has 0 amide bonds. The number of aldehydes is 1. The Bertz CT molecular complexity index is 308. The third-order valence-corrected chi connectivity index (χ3v) is 4.71. The Kier molecular flexibility index (Phi) is 3.20. The molecule has 1 saturated carbocycles. The van der Waals surface area contributed by atoms with Gasteiger partial charge in [-0.2, -0.15) is 0 Å². The minimum absolute atomic E-state index is 0.143. The zero-order valence-electron chi connectivity index (χ0n) is 10.3. The molecule has 0 saturated heterocycles. The highest BCUT2D eigenvalue weighted by molar-refractivity contribution is 5.51. The van der Waals surface area contributed by atoms with Gasteiger partial charge in [0, 0.05) is 6.42 Å². The van der Waals surface area contributed by atoms with E-state index in [-0.39, 0.29) is 11.5 Å². The summed E-state index contributed by atoms with van der Waals surface area (Å²) in [7, 11) is 0. The summed E-state index contributed by atoms with van der Waals surface area (Å²) in [5, 5.41) is 10.1. The summed E-state index contributed by atoms with van der Waals surface area (Å²) in [6.07, 6.45) is 8.00. The van der Waals surface area contributed by atoms with Crippen molar-refractivity contribution in [2.75, 3.05) is 0 Å². The van der Waals surface area contributed by atoms with Gasteiger partial charge in [0.25, 0.3) is 0 Å². The molecule has 0 aliphatic heterocycles. The van der Waals surface area contributed by atoms with Crippen molar-refractivity contribution in [3.8, 4) is 0 Å². The number of aliphatic hydroxyl groups excluding tert-OH is 1. The van der Waals surface area contributed by atoms with E-state index in [4.69, 9.17) is 0 Å². The quantitative estimate of drug-likeness (QED) is 0.589. The second-order valence-corrected chi connectivity index (χ2v) is 5.68. The summed E-state index contributed by atoms with van der Waals surface area (Å²) >= 11 is 0. The van der Waals surface area contributed by atoms with Gasteiger partial charge in [-0.3, -0.25) is 0 Å². The highest BCUT2D eigenvalue weighted by atomic mass is 16.3. The second kappa shape index (κ2) is 4.33. The van der Waals surface area contributed by atoms with Crippen LogP contribution in [-0.2, 0) is 4.79 Å². The third-order valence-electron chi connectivity index (χ3n) is 4.71. The van der Waals surface area contributed by atoms with Crippen molar-refractivity contribution in [3.05, 3.63) is 11.6 Å². The molecule has 2 aliphatic carbocycles. The molecule has 1 N–H and O–H groups in total. The fourth-order valence-electron chi connectivity index (χ4n) is 3.79. The number of rotatable bonds is 3. The molecule has 0 spiro atoms. The first kappa shape index (κ1) is 11.8. The molecule has 2 rings (SSSR count). The molecular weight excluding hydrogens is 200 g/mol. The number of aliphatic hydroxyl groups is 1. The maximum atomic E-state index is 10.6. The SMILES string of the molecule is C[C@@H](CC=O)C1=CC[C@H]2[C@@H](O)CCC[C@]12C. The molecule has 0 heterocycles. The molecule has 0 aromatic heterocycles. The molecule has 4 atom stereocenters. The lowest BCUT2D eigenvalue weighted by molar-refractivity contribution is -0.108. The number of carbonyl (C=O) groups is 1. The normalized spacial score (nSPS) is 40.1. The van der Waals surface area contributed by atoms with Gasteiger partial charge in [-0.05, 0) is 42.9 Å². The van der Waals surface area contributed by atoms with Crippen molar-refractivity contribution in [2.45, 2.75) is 52.1 Å². The Balaban J connectivity index is 2.19. The summed E-state index contributed by atoms with van der Waals surface area (Å²) in [4.78, 5) is 10.6. The summed E-state index contributed by atoms with van der Waals surface area (Å²) in [5.41, 5.74) is 1.57. The molecule has 0 bridgehead atoms. The Morgan fingerprint density at radius 2 is 2.44 bits per heavy atom. The number of allylic oxidation sites excluding steroid dienone is 2. The van der Waals surface area contributed by atoms with Crippen LogP contribution in [0.25, 0.3) is 0 Å². The van der Waals surface area contributed by atoms with Crippen LogP contribution >= 0.6 is 0 Å². The zero-order valence-corrected chi connectivity index (χ0v) is 10.3. The van der Waals surface area contributed by atoms with Crippen LogP contribution in [0.15, 0.2) is 11.6 Å². The summed E-state index contributed by atoms with van der Waals surface area (Å²) in [5.74, 6) is 0.739. The van der Waals surface area contributed by atoms with Crippen molar-refractivity contribution in [2.24, 2.45) is 17.3 Å². The van der Waals surface area contributed by atoms with E-state index in [1.807, 2.05) is 0 Å². The Labute approximate surface area is 97.7 Å². The van der Waals surface area contributed by atoms with Gasteiger partial charge in [0.1, 0.15) is 6.29 Å². The number of carbonyl (C=O) groups excluding carboxylic acids is 1. The lowest BCUT2D eigenvalue weighted by Gasteiger charge is -2.43. The largest absolute Gasteiger partial charge is 0.393 e. The predicted molar refractivity (Wildman–Crippen MR) is 64.0 cm³/mol. The van der Waals surface area contributed by atoms with E-state index in [0.717, 1.165) is 25.5 Å². The lowest BCUT2D eigenvalue weighted by Crippen LogP contribution is -2.39. The van der Waals surface area contributed by atoms with Gasteiger partial charge in [0.05, 0.1) is 6.10 Å². The van der Waals surface area contributed by atoms with Crippen LogP contribution in [0.2, 0.25) is 0 Å². The van der Waals surface area contributed by atoms with Crippen LogP contribution in [0.4, 0.5) is 0 Å². The molecular formula is C14H22O2. The zero-order chi connectivity index (χ0) is 11.8. The number of hydrogen-bond acceptors (Lipinski definition) is 2. The monoisotopic (exact) mass is 222 g/mol. The Hall–Kier alpha value is -0.630. The van der Waals surface area contributed by atoms with E-state index in [2.05, 4.69) is 19.9 Å². The smallest absolute Gasteiger partial charge is 0.120 e. The van der Waals surface area contributed by atoms with E-state index < -0.39 is 0 Å². The van der Waals surface area contributed by atoms with Crippen LogP contribution in [0.3, 0.4) is 0 Å². The van der Waals surface area contributed by atoms with Crippen molar-refractivity contribution in [3.63, 3.8) is 0 Å². The molecule has 0 radical (unpaired) electrons. The van der Waals surface area contributed by atoms with Gasteiger partial charge in [0.2, 0.25) is 0 Å². The second-order valence-electron chi connectivity index (χ2n) is 5.68. The fourth-order valence-corrected chi connectivity index (χ4v) is 3.79. The van der Waals surface area contributed by atoms with E-state index in [0.29, 0.717) is 18.3 Å². The van der Waals surface area contributed by atoms with Crippen LogP contribution < -0.4 is 0 Å². The molecule has 16 heavy (non-hydrogen) atoms. The van der Waals surface area contributed by atoms with Gasteiger partial charge in [-0.15, -0.1) is 0 Å². The Morgan fingerprint density at radius 3 is 3.12 bits per heavy atom. The molecule has 90 valence electrons. The molecule has 0 aromatic rings. The highest BCUT2D eigenvalue weighted by Crippen LogP contribution is 2.54. The van der Waals surface area contributed by atoms with Crippen molar-refractivity contribution < 1.29 is 9.90 Å². The van der Waals surface area contributed by atoms with Crippen molar-refractivity contribution >= 4 is 6.29 Å². The van der Waals surface area contributed by atoms with Gasteiger partial charge < -0.3 is 9.90 Å². The average molecular weight is 222 g/mol. The molecule has 2 heteroatoms. The van der Waals surface area contributed by atoms with Crippen LogP contribution in [0.5, 0.6) is 0 Å². The first-order valence-electron chi connectivity index (χ1n) is 6.42. The predicted octanol–water partition coefficient (Wildman–Crippen LogP) is 2.71. The van der Waals surface area contributed by atoms with Crippen LogP contribution in [0, 0.1) is 17.3 Å². The van der Waals surface area contributed by atoms with Gasteiger partial charge in [-0.25, -0.2) is 0 Å². The van der Waals surface area contributed by atoms with E-state index >= 15 is 0 Å². The first-order valence-corrected chi connectivity index (χ1v) is 6.42. The summed E-state index contributed by atoms with van der Waals surface area (Å²) in [6, 6.07) is 0. The minimum atomic E-state index is -0.143. The van der Waals surface area contributed by atoms with Gasteiger partial charge >= 0.3 is 0 Å². The van der Waals surface area contributed by atoms with E-state index in [1.54, 1.807) is 0 Å². The maximum Gasteiger partial charge on any atom is 0.120 e. The highest BCUT2D eigenvalue weighted by Gasteiger charge is 2.47. The average Bonchev–Trinajstić information content (AvgIpc) is 2.57. The van der Waals surface area contributed by atoms with Crippen molar-refractivity contribution in [1.82, 2.24) is 0 Å². The lowest BCUT2D eigenvalue weighted by atomic mass is 9.63. The first-order chi connectivity index (χ1) is 7.59. The van der Waals surface area contributed by atoms with E-state index in [1.165, 1.54) is 12.0 Å². The maximum absolute atomic E-state index is 10.6. The molecule has 2 nitrogen and oxygen atoms in total. The topological polar surface area (TPSA) is 37.3 Å². The molecule has 1 fully saturated rings. The van der Waals surface area contributed by atoms with Gasteiger partial charge in [-0.1, -0.05) is 25.5 Å². The molecule has 0 aromatic carbocycles. The Morgan fingerprint density at radius 1 is 1.69 bits per heavy atom. The number of fused-ring (bicyclic) bond motifs is 1. The number of hydrogen-bond donors (Lipinski definition) is 1. The van der Waals surface area contributed by atoms with E-state index in [9.17, 15) is 9.90 Å². The molecule has 0 unspecified atom stereocenters. The van der Waals surface area contributed by atoms with Gasteiger partial charge in [0.15, 0.2) is 0 Å². The minimum Gasteiger partial charge on any atom is -0.393 e. The van der Waals surface area contributed by atoms with Crippen LogP contribution in [0.1, 0.15) is 46.0 Å². The fraction of sp³-hybridized carbons (Fsp3) is 0.786.